The number of carbonyl (C=O) groups is 1. The van der Waals surface area contributed by atoms with Gasteiger partial charge in [-0.2, -0.15) is 0 Å². The fourth-order valence-corrected chi connectivity index (χ4v) is 1.44. The van der Waals surface area contributed by atoms with E-state index in [-0.39, 0.29) is 5.97 Å². The SMILES string of the molecule is COC(=O)CC(C)CCBr. The van der Waals surface area contributed by atoms with Crippen LogP contribution >= 0.6 is 15.9 Å². The number of esters is 1. The third-order valence-electron chi connectivity index (χ3n) is 1.34. The van der Waals surface area contributed by atoms with Crippen LogP contribution in [0.3, 0.4) is 0 Å². The fourth-order valence-electron chi connectivity index (χ4n) is 0.656. The van der Waals surface area contributed by atoms with Crippen molar-refractivity contribution in [1.82, 2.24) is 0 Å². The van der Waals surface area contributed by atoms with Crippen LogP contribution in [0.5, 0.6) is 0 Å². The van der Waals surface area contributed by atoms with Crippen molar-refractivity contribution in [1.29, 1.82) is 0 Å². The molecule has 0 amide bonds. The van der Waals surface area contributed by atoms with Crippen LogP contribution in [-0.2, 0) is 9.53 Å². The van der Waals surface area contributed by atoms with Gasteiger partial charge in [0.05, 0.1) is 7.11 Å². The van der Waals surface area contributed by atoms with Crippen LogP contribution in [-0.4, -0.2) is 18.4 Å². The number of ether oxygens (including phenoxy) is 1. The molecule has 0 N–H and O–H groups in total. The summed E-state index contributed by atoms with van der Waals surface area (Å²) < 4.78 is 4.51. The van der Waals surface area contributed by atoms with Gasteiger partial charge in [0.25, 0.3) is 0 Å². The Balaban J connectivity index is 3.37. The number of halogens is 1. The van der Waals surface area contributed by atoms with Crippen molar-refractivity contribution in [3.05, 3.63) is 0 Å². The molecular formula is C7H13BrO2. The Morgan fingerprint density at radius 2 is 2.30 bits per heavy atom. The van der Waals surface area contributed by atoms with Gasteiger partial charge in [0.2, 0.25) is 0 Å². The van der Waals surface area contributed by atoms with E-state index in [1.165, 1.54) is 7.11 Å². The van der Waals surface area contributed by atoms with Gasteiger partial charge < -0.3 is 4.74 Å². The van der Waals surface area contributed by atoms with Crippen molar-refractivity contribution < 1.29 is 9.53 Å². The maximum atomic E-state index is 10.7. The first-order valence-electron chi connectivity index (χ1n) is 3.33. The summed E-state index contributed by atoms with van der Waals surface area (Å²) in [5.74, 6) is 0.306. The lowest BCUT2D eigenvalue weighted by atomic mass is 10.1. The van der Waals surface area contributed by atoms with Crippen LogP contribution in [0.2, 0.25) is 0 Å². The Morgan fingerprint density at radius 3 is 2.70 bits per heavy atom. The van der Waals surface area contributed by atoms with E-state index < -0.39 is 0 Å². The van der Waals surface area contributed by atoms with Crippen molar-refractivity contribution in [2.45, 2.75) is 19.8 Å². The standard InChI is InChI=1S/C7H13BrO2/c1-6(3-4-8)5-7(9)10-2/h6H,3-5H2,1-2H3. The molecule has 0 aliphatic heterocycles. The predicted octanol–water partition coefficient (Wildman–Crippen LogP) is 1.97. The van der Waals surface area contributed by atoms with Crippen LogP contribution in [0.25, 0.3) is 0 Å². The molecule has 0 aliphatic rings. The molecule has 10 heavy (non-hydrogen) atoms. The van der Waals surface area contributed by atoms with Gasteiger partial charge in [0.15, 0.2) is 0 Å². The molecule has 0 aliphatic carbocycles. The van der Waals surface area contributed by atoms with Crippen LogP contribution in [0.15, 0.2) is 0 Å². The second-order valence-electron chi connectivity index (χ2n) is 2.36. The molecule has 0 aromatic heterocycles. The number of rotatable bonds is 4. The second kappa shape index (κ2) is 5.71. The lowest BCUT2D eigenvalue weighted by molar-refractivity contribution is -0.141. The van der Waals surface area contributed by atoms with E-state index in [1.54, 1.807) is 0 Å². The van der Waals surface area contributed by atoms with Gasteiger partial charge in [-0.15, -0.1) is 0 Å². The quantitative estimate of drug-likeness (QED) is 0.522. The normalized spacial score (nSPS) is 12.7. The predicted molar refractivity (Wildman–Crippen MR) is 44.2 cm³/mol. The number of hydrogen-bond acceptors (Lipinski definition) is 2. The van der Waals surface area contributed by atoms with E-state index in [2.05, 4.69) is 20.7 Å². The molecule has 0 heterocycles. The van der Waals surface area contributed by atoms with Crippen LogP contribution < -0.4 is 0 Å². The highest BCUT2D eigenvalue weighted by Crippen LogP contribution is 2.09. The van der Waals surface area contributed by atoms with Crippen molar-refractivity contribution in [2.75, 3.05) is 12.4 Å². The second-order valence-corrected chi connectivity index (χ2v) is 3.16. The molecule has 0 fully saturated rings. The minimum absolute atomic E-state index is 0.117. The van der Waals surface area contributed by atoms with Crippen molar-refractivity contribution in [2.24, 2.45) is 5.92 Å². The highest BCUT2D eigenvalue weighted by Gasteiger charge is 2.07. The van der Waals surface area contributed by atoms with E-state index in [1.807, 2.05) is 6.92 Å². The molecule has 0 aromatic rings. The lowest BCUT2D eigenvalue weighted by Crippen LogP contribution is -2.07. The minimum atomic E-state index is -0.117. The first-order valence-corrected chi connectivity index (χ1v) is 4.45. The number of methoxy groups -OCH3 is 1. The molecule has 0 spiro atoms. The summed E-state index contributed by atoms with van der Waals surface area (Å²) in [6.45, 7) is 2.04. The molecule has 60 valence electrons. The summed E-state index contributed by atoms with van der Waals surface area (Å²) >= 11 is 3.31. The Labute approximate surface area is 70.1 Å². The average molecular weight is 209 g/mol. The maximum Gasteiger partial charge on any atom is 0.305 e. The number of alkyl halides is 1. The van der Waals surface area contributed by atoms with Gasteiger partial charge >= 0.3 is 5.97 Å². The summed E-state index contributed by atoms with van der Waals surface area (Å²) in [5.41, 5.74) is 0. The zero-order valence-electron chi connectivity index (χ0n) is 6.39. The van der Waals surface area contributed by atoms with Crippen LogP contribution in [0.1, 0.15) is 19.8 Å². The first-order chi connectivity index (χ1) is 4.70. The summed E-state index contributed by atoms with van der Waals surface area (Å²) in [6, 6.07) is 0. The number of carbonyl (C=O) groups excluding carboxylic acids is 1. The van der Waals surface area contributed by atoms with E-state index in [4.69, 9.17) is 0 Å². The topological polar surface area (TPSA) is 26.3 Å². The molecule has 1 atom stereocenters. The van der Waals surface area contributed by atoms with Gasteiger partial charge in [-0.25, -0.2) is 0 Å². The Morgan fingerprint density at radius 1 is 1.70 bits per heavy atom. The van der Waals surface area contributed by atoms with Crippen LogP contribution in [0, 0.1) is 5.92 Å². The molecule has 0 bridgehead atoms. The average Bonchev–Trinajstić information content (AvgIpc) is 1.88. The van der Waals surface area contributed by atoms with Gasteiger partial charge in [-0.1, -0.05) is 22.9 Å². The molecule has 0 rings (SSSR count). The molecule has 2 nitrogen and oxygen atoms in total. The monoisotopic (exact) mass is 208 g/mol. The van der Waals surface area contributed by atoms with Gasteiger partial charge in [0.1, 0.15) is 0 Å². The Kier molecular flexibility index (Phi) is 5.69. The van der Waals surface area contributed by atoms with E-state index in [0.29, 0.717) is 12.3 Å². The molecule has 1 unspecified atom stereocenters. The molecule has 0 aromatic carbocycles. The first kappa shape index (κ1) is 9.95. The van der Waals surface area contributed by atoms with E-state index in [9.17, 15) is 4.79 Å². The zero-order valence-corrected chi connectivity index (χ0v) is 7.98. The smallest absolute Gasteiger partial charge is 0.305 e. The van der Waals surface area contributed by atoms with Crippen molar-refractivity contribution in [3.8, 4) is 0 Å². The van der Waals surface area contributed by atoms with Gasteiger partial charge in [-0.05, 0) is 12.3 Å². The summed E-state index contributed by atoms with van der Waals surface area (Å²) in [6.07, 6.45) is 1.55. The molecule has 0 saturated heterocycles. The van der Waals surface area contributed by atoms with Gasteiger partial charge in [-0.3, -0.25) is 4.79 Å². The van der Waals surface area contributed by atoms with Crippen molar-refractivity contribution in [3.63, 3.8) is 0 Å². The summed E-state index contributed by atoms with van der Waals surface area (Å²) in [4.78, 5) is 10.7. The maximum absolute atomic E-state index is 10.7. The van der Waals surface area contributed by atoms with Crippen molar-refractivity contribution >= 4 is 21.9 Å². The third-order valence-corrected chi connectivity index (χ3v) is 1.80. The Bertz CT molecular complexity index is 104. The molecule has 3 heteroatoms. The van der Waals surface area contributed by atoms with E-state index >= 15 is 0 Å². The van der Waals surface area contributed by atoms with E-state index in [0.717, 1.165) is 11.8 Å². The highest BCUT2D eigenvalue weighted by molar-refractivity contribution is 9.09. The Hall–Kier alpha value is -0.0500. The number of hydrogen-bond donors (Lipinski definition) is 0. The molecule has 0 saturated carbocycles. The van der Waals surface area contributed by atoms with Gasteiger partial charge in [0, 0.05) is 11.8 Å². The largest absolute Gasteiger partial charge is 0.469 e. The lowest BCUT2D eigenvalue weighted by Gasteiger charge is -2.05. The van der Waals surface area contributed by atoms with Crippen LogP contribution in [0.4, 0.5) is 0 Å². The molecule has 0 radical (unpaired) electrons. The fraction of sp³-hybridized carbons (Fsp3) is 0.857. The molecular weight excluding hydrogens is 196 g/mol. The zero-order chi connectivity index (χ0) is 7.98. The summed E-state index contributed by atoms with van der Waals surface area (Å²) in [5, 5.41) is 0.950. The summed E-state index contributed by atoms with van der Waals surface area (Å²) in [7, 11) is 1.42. The minimum Gasteiger partial charge on any atom is -0.469 e. The third kappa shape index (κ3) is 4.79. The highest BCUT2D eigenvalue weighted by atomic mass is 79.9.